The summed E-state index contributed by atoms with van der Waals surface area (Å²) in [6, 6.07) is 16.4. The molecule has 0 bridgehead atoms. The highest BCUT2D eigenvalue weighted by Gasteiger charge is 2.41. The number of hydrogen-bond donors (Lipinski definition) is 1. The number of hydrogen-bond acceptors (Lipinski definition) is 6. The Morgan fingerprint density at radius 3 is 2.74 bits per heavy atom. The molecule has 0 aliphatic carbocycles. The molecular formula is C25H28N6O3S. The standard InChI is InChI=1S/C25H28N6O3S/c32-31(33)20-7-3-6-19(18-20)29-12-4-9-22(29)24-23(21-8-1-2-10-26-21)27-25(35)30(24)13-5-11-28-14-16-34-17-15-28/h1-4,6-10,12,18,23-24H,5,11,13-17H2,(H,27,35). The summed E-state index contributed by atoms with van der Waals surface area (Å²) in [6.45, 7) is 5.25. The Morgan fingerprint density at radius 2 is 1.97 bits per heavy atom. The average Bonchev–Trinajstić information content (AvgIpc) is 3.50. The fourth-order valence-electron chi connectivity index (χ4n) is 4.88. The number of nitro benzene ring substituents is 1. The van der Waals surface area contributed by atoms with Gasteiger partial charge in [0.05, 0.1) is 41.6 Å². The molecule has 0 amide bonds. The van der Waals surface area contributed by atoms with Crippen LogP contribution in [0.1, 0.15) is 29.9 Å². The van der Waals surface area contributed by atoms with Crippen LogP contribution in [-0.4, -0.2) is 68.8 Å². The third-order valence-corrected chi connectivity index (χ3v) is 6.93. The van der Waals surface area contributed by atoms with E-state index in [1.807, 2.05) is 41.1 Å². The van der Waals surface area contributed by atoms with Crippen molar-refractivity contribution < 1.29 is 9.66 Å². The first-order chi connectivity index (χ1) is 17.1. The van der Waals surface area contributed by atoms with Crippen molar-refractivity contribution in [3.63, 3.8) is 0 Å². The third kappa shape index (κ3) is 5.04. The van der Waals surface area contributed by atoms with Gasteiger partial charge in [-0.25, -0.2) is 0 Å². The first-order valence-corrected chi connectivity index (χ1v) is 12.2. The van der Waals surface area contributed by atoms with E-state index in [1.165, 1.54) is 6.07 Å². The SMILES string of the molecule is O=[N+]([O-])c1cccc(-n2cccc2C2C(c3ccccn3)NC(=S)N2CCCN2CCOCC2)c1. The molecule has 2 aliphatic rings. The average molecular weight is 493 g/mol. The highest BCUT2D eigenvalue weighted by Crippen LogP contribution is 2.39. The molecule has 10 heteroatoms. The predicted octanol–water partition coefficient (Wildman–Crippen LogP) is 3.48. The predicted molar refractivity (Wildman–Crippen MR) is 136 cm³/mol. The second-order valence-corrected chi connectivity index (χ2v) is 9.09. The Morgan fingerprint density at radius 1 is 1.11 bits per heavy atom. The van der Waals surface area contributed by atoms with Crippen LogP contribution in [0.5, 0.6) is 0 Å². The lowest BCUT2D eigenvalue weighted by Crippen LogP contribution is -2.39. The first-order valence-electron chi connectivity index (χ1n) is 11.8. The minimum atomic E-state index is -0.368. The van der Waals surface area contributed by atoms with Crippen molar-refractivity contribution in [1.82, 2.24) is 24.7 Å². The smallest absolute Gasteiger partial charge is 0.271 e. The van der Waals surface area contributed by atoms with Crippen LogP contribution in [0.4, 0.5) is 5.69 Å². The van der Waals surface area contributed by atoms with E-state index in [0.717, 1.165) is 62.9 Å². The third-order valence-electron chi connectivity index (χ3n) is 6.58. The monoisotopic (exact) mass is 492 g/mol. The molecule has 1 aromatic carbocycles. The molecule has 2 saturated heterocycles. The molecule has 0 spiro atoms. The molecule has 35 heavy (non-hydrogen) atoms. The number of nitro groups is 1. The normalized spacial score (nSPS) is 20.7. The molecule has 3 aromatic rings. The molecule has 2 fully saturated rings. The summed E-state index contributed by atoms with van der Waals surface area (Å²) in [7, 11) is 0. The first kappa shape index (κ1) is 23.4. The van der Waals surface area contributed by atoms with Gasteiger partial charge in [-0.2, -0.15) is 0 Å². The molecule has 5 rings (SSSR count). The summed E-state index contributed by atoms with van der Waals surface area (Å²) in [6.07, 6.45) is 4.69. The van der Waals surface area contributed by atoms with Crippen LogP contribution in [-0.2, 0) is 4.74 Å². The van der Waals surface area contributed by atoms with Crippen LogP contribution >= 0.6 is 12.2 Å². The van der Waals surface area contributed by atoms with Gasteiger partial charge in [-0.05, 0) is 49.0 Å². The minimum absolute atomic E-state index is 0.0610. The van der Waals surface area contributed by atoms with Crippen molar-refractivity contribution in [2.24, 2.45) is 0 Å². The Hall–Kier alpha value is -3.34. The summed E-state index contributed by atoms with van der Waals surface area (Å²) in [5.41, 5.74) is 2.71. The number of rotatable bonds is 8. The molecule has 182 valence electrons. The number of nitrogens with one attached hydrogen (secondary N) is 1. The molecule has 1 N–H and O–H groups in total. The van der Waals surface area contributed by atoms with Crippen molar-refractivity contribution >= 4 is 23.0 Å². The van der Waals surface area contributed by atoms with Gasteiger partial charge in [0.25, 0.3) is 5.69 Å². The van der Waals surface area contributed by atoms with Gasteiger partial charge >= 0.3 is 0 Å². The van der Waals surface area contributed by atoms with E-state index in [9.17, 15) is 10.1 Å². The highest BCUT2D eigenvalue weighted by atomic mass is 32.1. The van der Waals surface area contributed by atoms with E-state index in [2.05, 4.69) is 26.2 Å². The van der Waals surface area contributed by atoms with Gasteiger partial charge in [0.1, 0.15) is 0 Å². The number of ether oxygens (including phenoxy) is 1. The molecule has 0 saturated carbocycles. The zero-order valence-corrected chi connectivity index (χ0v) is 20.1. The number of pyridine rings is 1. The lowest BCUT2D eigenvalue weighted by atomic mass is 10.0. The molecule has 9 nitrogen and oxygen atoms in total. The molecule has 2 aliphatic heterocycles. The highest BCUT2D eigenvalue weighted by molar-refractivity contribution is 7.80. The van der Waals surface area contributed by atoms with Crippen molar-refractivity contribution in [3.05, 3.63) is 88.5 Å². The molecule has 0 radical (unpaired) electrons. The summed E-state index contributed by atoms with van der Waals surface area (Å²) in [5, 5.41) is 15.6. The van der Waals surface area contributed by atoms with Gasteiger partial charge in [0.15, 0.2) is 5.11 Å². The quantitative estimate of drug-likeness (QED) is 0.291. The number of thiocarbonyl (C=S) groups is 1. The van der Waals surface area contributed by atoms with E-state index in [0.29, 0.717) is 5.11 Å². The topological polar surface area (TPSA) is 88.7 Å². The lowest BCUT2D eigenvalue weighted by Gasteiger charge is -2.31. The second kappa shape index (κ2) is 10.5. The number of aromatic nitrogens is 2. The number of nitrogens with zero attached hydrogens (tertiary/aromatic N) is 5. The van der Waals surface area contributed by atoms with Crippen molar-refractivity contribution in [3.8, 4) is 5.69 Å². The summed E-state index contributed by atoms with van der Waals surface area (Å²) >= 11 is 5.81. The summed E-state index contributed by atoms with van der Waals surface area (Å²) in [5.74, 6) is 0. The van der Waals surface area contributed by atoms with Crippen molar-refractivity contribution in [1.29, 1.82) is 0 Å². The molecule has 2 atom stereocenters. The molecular weight excluding hydrogens is 464 g/mol. The van der Waals surface area contributed by atoms with Crippen LogP contribution in [0, 0.1) is 10.1 Å². The fraction of sp³-hybridized carbons (Fsp3) is 0.360. The van der Waals surface area contributed by atoms with Crippen LogP contribution in [0.2, 0.25) is 0 Å². The van der Waals surface area contributed by atoms with Crippen molar-refractivity contribution in [2.45, 2.75) is 18.5 Å². The largest absolute Gasteiger partial charge is 0.379 e. The van der Waals surface area contributed by atoms with Gasteiger partial charge in [-0.1, -0.05) is 12.1 Å². The van der Waals surface area contributed by atoms with E-state index < -0.39 is 0 Å². The van der Waals surface area contributed by atoms with Gasteiger partial charge in [0, 0.05) is 56.4 Å². The molecule has 4 heterocycles. The maximum atomic E-state index is 11.4. The van der Waals surface area contributed by atoms with Crippen molar-refractivity contribution in [2.75, 3.05) is 39.4 Å². The minimum Gasteiger partial charge on any atom is -0.379 e. The van der Waals surface area contributed by atoms with Gasteiger partial charge in [-0.15, -0.1) is 0 Å². The van der Waals surface area contributed by atoms with Crippen LogP contribution in [0.15, 0.2) is 67.0 Å². The lowest BCUT2D eigenvalue weighted by molar-refractivity contribution is -0.384. The Balaban J connectivity index is 1.46. The fourth-order valence-corrected chi connectivity index (χ4v) is 5.22. The van der Waals surface area contributed by atoms with E-state index in [1.54, 1.807) is 18.3 Å². The summed E-state index contributed by atoms with van der Waals surface area (Å²) in [4.78, 5) is 20.3. The Kier molecular flexibility index (Phi) is 7.03. The van der Waals surface area contributed by atoms with E-state index in [-0.39, 0.29) is 22.7 Å². The zero-order chi connectivity index (χ0) is 24.2. The molecule has 2 aromatic heterocycles. The number of non-ortho nitro benzene ring substituents is 1. The number of morpholine rings is 1. The van der Waals surface area contributed by atoms with Gasteiger partial charge < -0.3 is 19.5 Å². The number of benzene rings is 1. The Bertz CT molecular complexity index is 1180. The zero-order valence-electron chi connectivity index (χ0n) is 19.3. The maximum Gasteiger partial charge on any atom is 0.271 e. The van der Waals surface area contributed by atoms with Crippen LogP contribution in [0.3, 0.4) is 0 Å². The molecule has 2 unspecified atom stereocenters. The van der Waals surface area contributed by atoms with E-state index >= 15 is 0 Å². The van der Waals surface area contributed by atoms with Crippen LogP contribution in [0.25, 0.3) is 5.69 Å². The van der Waals surface area contributed by atoms with Gasteiger partial charge in [0.2, 0.25) is 0 Å². The second-order valence-electron chi connectivity index (χ2n) is 8.71. The van der Waals surface area contributed by atoms with Crippen LogP contribution < -0.4 is 5.32 Å². The Labute approximate surface area is 209 Å². The van der Waals surface area contributed by atoms with Gasteiger partial charge in [-0.3, -0.25) is 20.0 Å². The maximum absolute atomic E-state index is 11.4. The summed E-state index contributed by atoms with van der Waals surface area (Å²) < 4.78 is 7.48. The van der Waals surface area contributed by atoms with E-state index in [4.69, 9.17) is 17.0 Å².